The summed E-state index contributed by atoms with van der Waals surface area (Å²) in [4.78, 5) is 37.9. The van der Waals surface area contributed by atoms with E-state index in [1.165, 1.54) is 6.92 Å². The fourth-order valence-corrected chi connectivity index (χ4v) is 12.5. The normalized spacial score (nSPS) is 51.1. The van der Waals surface area contributed by atoms with E-state index in [0.29, 0.717) is 25.3 Å². The van der Waals surface area contributed by atoms with Gasteiger partial charge >= 0.3 is 11.9 Å². The van der Waals surface area contributed by atoms with Crippen molar-refractivity contribution >= 4 is 17.9 Å². The number of rotatable bonds is 6. The van der Waals surface area contributed by atoms with Gasteiger partial charge in [0.2, 0.25) is 5.79 Å². The minimum Gasteiger partial charge on any atom is -0.481 e. The van der Waals surface area contributed by atoms with E-state index in [2.05, 4.69) is 11.8 Å². The van der Waals surface area contributed by atoms with Gasteiger partial charge in [-0.15, -0.1) is 0 Å². The molecule has 15 nitrogen and oxygen atoms in total. The maximum atomic E-state index is 13.5. The van der Waals surface area contributed by atoms with Crippen LogP contribution in [0.1, 0.15) is 100 Å². The molecule has 0 aromatic carbocycles. The molecule has 0 aromatic heterocycles. The van der Waals surface area contributed by atoms with Crippen molar-refractivity contribution in [1.29, 1.82) is 0 Å². The van der Waals surface area contributed by atoms with E-state index >= 15 is 0 Å². The molecule has 4 saturated carbocycles. The fraction of sp³-hybridized carbons (Fsp3) is 0.923. The smallest absolute Gasteiger partial charge is 0.341 e. The Kier molecular flexibility index (Phi) is 10.5. The molecule has 308 valence electrons. The molecule has 1 spiro atoms. The molecule has 3 heterocycles. The second kappa shape index (κ2) is 13.6. The number of carboxylic acids is 1. The Morgan fingerprint density at radius 2 is 1.67 bits per heavy atom. The fourth-order valence-electron chi connectivity index (χ4n) is 12.5. The van der Waals surface area contributed by atoms with Gasteiger partial charge in [-0.2, -0.15) is 0 Å². The van der Waals surface area contributed by atoms with Crippen LogP contribution in [0.25, 0.3) is 0 Å². The predicted octanol–water partition coefficient (Wildman–Crippen LogP) is 0.557. The van der Waals surface area contributed by atoms with E-state index in [1.54, 1.807) is 13.8 Å². The molecule has 0 aromatic rings. The lowest BCUT2D eigenvalue weighted by molar-refractivity contribution is -0.300. The summed E-state index contributed by atoms with van der Waals surface area (Å²) in [7, 11) is 0. The van der Waals surface area contributed by atoms with E-state index in [4.69, 9.17) is 24.1 Å². The summed E-state index contributed by atoms with van der Waals surface area (Å²) in [5.41, 5.74) is -7.89. The van der Waals surface area contributed by atoms with Gasteiger partial charge in [0.15, 0.2) is 17.8 Å². The lowest BCUT2D eigenvalue weighted by Crippen LogP contribution is -2.77. The highest BCUT2D eigenvalue weighted by atomic mass is 16.7. The number of aliphatic carboxylic acids is 1. The lowest BCUT2D eigenvalue weighted by Gasteiger charge is -2.64. The van der Waals surface area contributed by atoms with Crippen molar-refractivity contribution < 1.29 is 69.4 Å². The first-order valence-electron chi connectivity index (χ1n) is 19.8. The molecule has 3 saturated heterocycles. The van der Waals surface area contributed by atoms with Gasteiger partial charge in [0, 0.05) is 49.2 Å². The summed E-state index contributed by atoms with van der Waals surface area (Å²) in [5.74, 6) is -8.61. The second-order valence-corrected chi connectivity index (χ2v) is 18.7. The van der Waals surface area contributed by atoms with Crippen LogP contribution >= 0.6 is 0 Å². The van der Waals surface area contributed by atoms with E-state index in [0.717, 1.165) is 33.2 Å². The molecule has 7 rings (SSSR count). The Hall–Kier alpha value is -1.95. The van der Waals surface area contributed by atoms with Crippen LogP contribution < -0.4 is 0 Å². The average molecular weight is 770 g/mol. The van der Waals surface area contributed by atoms with Crippen LogP contribution in [0.15, 0.2) is 0 Å². The highest BCUT2D eigenvalue weighted by Crippen LogP contribution is 2.77. The second-order valence-electron chi connectivity index (χ2n) is 18.7. The molecule has 0 unspecified atom stereocenters. The van der Waals surface area contributed by atoms with Crippen molar-refractivity contribution in [3.8, 4) is 0 Å². The number of hydrogen-bond acceptors (Lipinski definition) is 14. The minimum atomic E-state index is -2.25. The zero-order valence-electron chi connectivity index (χ0n) is 32.8. The molecule has 4 bridgehead atoms. The molecule has 0 amide bonds. The Morgan fingerprint density at radius 1 is 1.04 bits per heavy atom. The average Bonchev–Trinajstić information content (AvgIpc) is 3.35. The lowest BCUT2D eigenvalue weighted by atomic mass is 9.49. The molecule has 3 aliphatic heterocycles. The zero-order chi connectivity index (χ0) is 40.3. The topological polar surface area (TPSA) is 244 Å². The first-order valence-corrected chi connectivity index (χ1v) is 19.8. The molecule has 4 aliphatic carbocycles. The third-order valence-electron chi connectivity index (χ3n) is 15.5. The Bertz CT molecular complexity index is 1480. The summed E-state index contributed by atoms with van der Waals surface area (Å²) < 4.78 is 18.7. The van der Waals surface area contributed by atoms with Gasteiger partial charge in [-0.3, -0.25) is 14.5 Å². The number of fused-ring (bicyclic) bond motifs is 5. The Balaban J connectivity index is 0.00000119. The van der Waals surface area contributed by atoms with Crippen molar-refractivity contribution in [2.24, 2.45) is 46.8 Å². The molecule has 7 aliphatic rings. The van der Waals surface area contributed by atoms with Crippen LogP contribution in [0.3, 0.4) is 0 Å². The molecular weight excluding hydrogens is 706 g/mol. The van der Waals surface area contributed by atoms with Gasteiger partial charge < -0.3 is 55.1 Å². The monoisotopic (exact) mass is 769 g/mol. The van der Waals surface area contributed by atoms with Gasteiger partial charge in [-0.05, 0) is 83.5 Å². The highest BCUT2D eigenvalue weighted by molar-refractivity contribution is 5.79. The van der Waals surface area contributed by atoms with Crippen LogP contribution in [0.2, 0.25) is 0 Å². The van der Waals surface area contributed by atoms with Crippen molar-refractivity contribution in [2.45, 2.75) is 165 Å². The van der Waals surface area contributed by atoms with Gasteiger partial charge in [-0.1, -0.05) is 27.7 Å². The van der Waals surface area contributed by atoms with Gasteiger partial charge in [0.25, 0.3) is 5.97 Å². The third kappa shape index (κ3) is 5.72. The molecule has 0 radical (unpaired) electrons. The third-order valence-corrected chi connectivity index (χ3v) is 15.5. The molecular formula is C39H63NO14. The van der Waals surface area contributed by atoms with Crippen molar-refractivity contribution in [3.05, 3.63) is 0 Å². The van der Waals surface area contributed by atoms with E-state index in [-0.39, 0.29) is 25.3 Å². The summed E-state index contributed by atoms with van der Waals surface area (Å²) >= 11 is 0. The van der Waals surface area contributed by atoms with Crippen molar-refractivity contribution in [1.82, 2.24) is 4.90 Å². The van der Waals surface area contributed by atoms with Crippen LogP contribution in [-0.4, -0.2) is 142 Å². The number of carboxylic acid groups (broad SMARTS) is 1. The number of nitrogens with zero attached hydrogens (tertiary/aromatic N) is 1. The van der Waals surface area contributed by atoms with E-state index in [1.807, 2.05) is 13.8 Å². The van der Waals surface area contributed by atoms with Crippen LogP contribution in [0.5, 0.6) is 0 Å². The van der Waals surface area contributed by atoms with Crippen LogP contribution in [-0.2, 0) is 28.6 Å². The zero-order valence-corrected chi connectivity index (χ0v) is 32.8. The predicted molar refractivity (Wildman–Crippen MR) is 189 cm³/mol. The van der Waals surface area contributed by atoms with E-state index < -0.39 is 118 Å². The molecule has 19 atom stereocenters. The number of hydrogen-bond donors (Lipinski definition) is 8. The Morgan fingerprint density at radius 3 is 2.26 bits per heavy atom. The number of esters is 2. The molecule has 7 fully saturated rings. The number of piperidine rings is 2. The maximum Gasteiger partial charge on any atom is 0.341 e. The van der Waals surface area contributed by atoms with Gasteiger partial charge in [0.1, 0.15) is 5.60 Å². The van der Waals surface area contributed by atoms with Crippen molar-refractivity contribution in [2.75, 3.05) is 13.1 Å². The number of carbonyl (C=O) groups excluding carboxylic acids is 2. The Labute approximate surface area is 317 Å². The summed E-state index contributed by atoms with van der Waals surface area (Å²) in [5, 5.41) is 90.9. The number of aliphatic hydroxyl groups is 7. The van der Waals surface area contributed by atoms with Crippen molar-refractivity contribution in [3.63, 3.8) is 0 Å². The molecule has 54 heavy (non-hydrogen) atoms. The largest absolute Gasteiger partial charge is 0.481 e. The SMILES string of the molecule is CC(=O)O.CC[C@@H](C)C(=O)O[C@H]1[C@H](O)[C@H]2[C@@H](CN3C[C@@H](C)CC[C@H]3[C@@]2(C)O)[C@@H]2C[C@]34O[C@@]5(O)[C@@H](OC(=O)[C@](C)(O)[C@@H](C)O)CC[C@@]3(C)[C@@H]5C[C@@H](O)[C@H]4[C@@]21O. The summed E-state index contributed by atoms with van der Waals surface area (Å²) in [6.07, 6.45) is -4.15. The molecule has 8 N–H and O–H groups in total. The van der Waals surface area contributed by atoms with Crippen LogP contribution in [0.4, 0.5) is 0 Å². The first-order chi connectivity index (χ1) is 24.9. The van der Waals surface area contributed by atoms with Crippen LogP contribution in [0, 0.1) is 46.8 Å². The first kappa shape index (κ1) is 41.7. The summed E-state index contributed by atoms with van der Waals surface area (Å²) in [6.45, 7) is 14.1. The minimum absolute atomic E-state index is 0.0328. The highest BCUT2D eigenvalue weighted by Gasteiger charge is 2.87. The van der Waals surface area contributed by atoms with E-state index in [9.17, 15) is 45.3 Å². The van der Waals surface area contributed by atoms with Gasteiger partial charge in [0.05, 0.1) is 35.4 Å². The number of ether oxygens (including phenoxy) is 3. The molecule has 15 heteroatoms. The standard InChI is InChI=1S/C37H59NO12.C2H4O2/c1-8-18(3)30(42)49-29-27(41)26-20(16-38-15-17(2)9-10-24(38)34(26,7)45)21-14-35-28(36(21,29)46)22(40)13-23-32(35,5)12-11-25(37(23,47)50-35)48-31(43)33(6,44)19(4)39;1-2(3)4/h17-29,39-41,44-47H,8-16H2,1-7H3;1H3,(H,3,4)/t17-,18+,19+,20-,21-,22+,23-,24-,25-,26+,27+,28+,29-,32-,33+,34+,35+,36-,37+;/m0./s1. The van der Waals surface area contributed by atoms with Gasteiger partial charge in [-0.25, -0.2) is 4.79 Å². The maximum absolute atomic E-state index is 13.5. The number of aliphatic hydroxyl groups excluding tert-OH is 3. The quantitative estimate of drug-likeness (QED) is 0.172. The summed E-state index contributed by atoms with van der Waals surface area (Å²) in [6, 6.07) is -0.238. The number of carbonyl (C=O) groups is 3.